The molecule has 0 saturated carbocycles. The zero-order valence-electron chi connectivity index (χ0n) is 4.44. The molecule has 6 heavy (non-hydrogen) atoms. The van der Waals surface area contributed by atoms with Gasteiger partial charge in [0, 0.05) is 0 Å². The number of hydrogen-bond acceptors (Lipinski definition) is 1. The van der Waals surface area contributed by atoms with Crippen LogP contribution in [-0.4, -0.2) is 13.3 Å². The summed E-state index contributed by atoms with van der Waals surface area (Å²) >= 11 is 0. The van der Waals surface area contributed by atoms with Crippen molar-refractivity contribution in [1.29, 1.82) is 0 Å². The Kier molecular flexibility index (Phi) is 3.24. The molecule has 0 rings (SSSR count). The number of rotatable bonds is 2. The van der Waals surface area contributed by atoms with Crippen molar-refractivity contribution in [2.24, 2.45) is 5.73 Å². The fourth-order valence-corrected chi connectivity index (χ4v) is 0.372. The smallest absolute Gasteiger partial charge is 0.107 e. The van der Waals surface area contributed by atoms with Gasteiger partial charge in [-0.25, -0.2) is 0 Å². The highest BCUT2D eigenvalue weighted by molar-refractivity contribution is 6.33. The first-order valence-electron chi connectivity index (χ1n) is 2.30. The van der Waals surface area contributed by atoms with Gasteiger partial charge in [0.1, 0.15) is 7.28 Å². The monoisotopic (exact) mass is 84.1 g/mol. The zero-order valence-corrected chi connectivity index (χ0v) is 4.44. The quantitative estimate of drug-likeness (QED) is 0.484. The minimum Gasteiger partial charge on any atom is -0.329 e. The average molecular weight is 84.0 g/mol. The fraction of sp³-hybridized carbons (Fsp3) is 1.00. The SMILES string of the molecule is C[B]CC(C)N. The van der Waals surface area contributed by atoms with Crippen LogP contribution >= 0.6 is 0 Å². The summed E-state index contributed by atoms with van der Waals surface area (Å²) in [5, 5.41) is 0. The Bertz CT molecular complexity index is 28.7. The second-order valence-corrected chi connectivity index (χ2v) is 1.62. The van der Waals surface area contributed by atoms with Gasteiger partial charge in [-0.05, 0) is 6.04 Å². The third-order valence-electron chi connectivity index (χ3n) is 0.607. The summed E-state index contributed by atoms with van der Waals surface area (Å²) in [7, 11) is 2.07. The summed E-state index contributed by atoms with van der Waals surface area (Å²) < 4.78 is 0. The van der Waals surface area contributed by atoms with Crippen LogP contribution in [0.2, 0.25) is 13.1 Å². The van der Waals surface area contributed by atoms with E-state index in [0.717, 1.165) is 6.32 Å². The van der Waals surface area contributed by atoms with E-state index in [1.165, 1.54) is 0 Å². The summed E-state index contributed by atoms with van der Waals surface area (Å²) in [4.78, 5) is 0. The summed E-state index contributed by atoms with van der Waals surface area (Å²) in [6.07, 6.45) is 1.03. The first-order valence-corrected chi connectivity index (χ1v) is 2.30. The molecular weight excluding hydrogens is 72.9 g/mol. The first kappa shape index (κ1) is 6.02. The van der Waals surface area contributed by atoms with Gasteiger partial charge in [0.25, 0.3) is 0 Å². The topological polar surface area (TPSA) is 26.0 Å². The molecule has 0 bridgehead atoms. The van der Waals surface area contributed by atoms with Crippen molar-refractivity contribution in [3.8, 4) is 0 Å². The van der Waals surface area contributed by atoms with E-state index in [9.17, 15) is 0 Å². The minimum absolute atomic E-state index is 0.343. The Hall–Kier alpha value is 0.0249. The molecule has 0 aromatic carbocycles. The van der Waals surface area contributed by atoms with Crippen molar-refractivity contribution in [3.63, 3.8) is 0 Å². The molecule has 35 valence electrons. The molecule has 0 aliphatic rings. The highest BCUT2D eigenvalue weighted by Gasteiger charge is 1.86. The normalized spacial score (nSPS) is 13.8. The largest absolute Gasteiger partial charge is 0.329 e. The number of nitrogens with two attached hydrogens (primary N) is 1. The van der Waals surface area contributed by atoms with Crippen LogP contribution in [0.15, 0.2) is 0 Å². The van der Waals surface area contributed by atoms with Gasteiger partial charge in [-0.2, -0.15) is 0 Å². The molecule has 0 spiro atoms. The van der Waals surface area contributed by atoms with Gasteiger partial charge < -0.3 is 5.73 Å². The Balaban J connectivity index is 2.63. The van der Waals surface area contributed by atoms with Crippen LogP contribution in [0.3, 0.4) is 0 Å². The standard InChI is InChI=1S/C4H11BN/c1-4(6)3-5-2/h4H,3,6H2,1-2H3. The predicted octanol–water partition coefficient (Wildman–Crippen LogP) is 0.504. The molecule has 0 fully saturated rings. The van der Waals surface area contributed by atoms with Gasteiger partial charge in [0.15, 0.2) is 0 Å². The molecule has 0 saturated heterocycles. The van der Waals surface area contributed by atoms with E-state index in [4.69, 9.17) is 5.73 Å². The van der Waals surface area contributed by atoms with E-state index < -0.39 is 0 Å². The molecule has 1 nitrogen and oxygen atoms in total. The molecule has 0 aromatic heterocycles. The van der Waals surface area contributed by atoms with Gasteiger partial charge in [-0.15, -0.1) is 0 Å². The first-order chi connectivity index (χ1) is 2.77. The van der Waals surface area contributed by atoms with E-state index >= 15 is 0 Å². The third-order valence-corrected chi connectivity index (χ3v) is 0.607. The van der Waals surface area contributed by atoms with Crippen molar-refractivity contribution < 1.29 is 0 Å². The van der Waals surface area contributed by atoms with E-state index in [1.54, 1.807) is 0 Å². The van der Waals surface area contributed by atoms with Crippen LogP contribution in [0, 0.1) is 0 Å². The zero-order chi connectivity index (χ0) is 4.99. The molecule has 1 unspecified atom stereocenters. The Morgan fingerprint density at radius 2 is 2.33 bits per heavy atom. The molecule has 0 aromatic rings. The van der Waals surface area contributed by atoms with Crippen LogP contribution < -0.4 is 5.73 Å². The molecule has 0 aliphatic heterocycles. The van der Waals surface area contributed by atoms with Crippen molar-refractivity contribution in [2.75, 3.05) is 0 Å². The summed E-state index contributed by atoms with van der Waals surface area (Å²) in [5.41, 5.74) is 5.37. The van der Waals surface area contributed by atoms with Crippen LogP contribution in [-0.2, 0) is 0 Å². The molecule has 0 heterocycles. The molecule has 0 amide bonds. The summed E-state index contributed by atoms with van der Waals surface area (Å²) in [6, 6.07) is 0.343. The maximum absolute atomic E-state index is 5.37. The molecule has 1 atom stereocenters. The molecule has 0 aliphatic carbocycles. The van der Waals surface area contributed by atoms with Crippen LogP contribution in [0.5, 0.6) is 0 Å². The molecular formula is C4H11BN. The maximum atomic E-state index is 5.37. The van der Waals surface area contributed by atoms with Crippen molar-refractivity contribution in [1.82, 2.24) is 0 Å². The fourth-order valence-electron chi connectivity index (χ4n) is 0.372. The Morgan fingerprint density at radius 3 is 2.33 bits per heavy atom. The molecule has 1 radical (unpaired) electrons. The van der Waals surface area contributed by atoms with Crippen molar-refractivity contribution >= 4 is 7.28 Å². The van der Waals surface area contributed by atoms with Crippen LogP contribution in [0.1, 0.15) is 6.92 Å². The Morgan fingerprint density at radius 1 is 1.83 bits per heavy atom. The van der Waals surface area contributed by atoms with E-state index in [0.29, 0.717) is 6.04 Å². The minimum atomic E-state index is 0.343. The van der Waals surface area contributed by atoms with Crippen molar-refractivity contribution in [3.05, 3.63) is 0 Å². The lowest BCUT2D eigenvalue weighted by molar-refractivity contribution is 0.828. The lowest BCUT2D eigenvalue weighted by atomic mass is 9.75. The van der Waals surface area contributed by atoms with E-state index in [1.807, 2.05) is 13.7 Å². The highest BCUT2D eigenvalue weighted by Crippen LogP contribution is 1.81. The Labute approximate surface area is 40.2 Å². The van der Waals surface area contributed by atoms with E-state index in [2.05, 4.69) is 7.28 Å². The van der Waals surface area contributed by atoms with E-state index in [-0.39, 0.29) is 0 Å². The summed E-state index contributed by atoms with van der Waals surface area (Å²) in [6.45, 7) is 4.02. The van der Waals surface area contributed by atoms with Crippen LogP contribution in [0.25, 0.3) is 0 Å². The van der Waals surface area contributed by atoms with Gasteiger partial charge >= 0.3 is 0 Å². The number of hydrogen-bond donors (Lipinski definition) is 1. The summed E-state index contributed by atoms with van der Waals surface area (Å²) in [5.74, 6) is 0. The predicted molar refractivity (Wildman–Crippen MR) is 30.1 cm³/mol. The highest BCUT2D eigenvalue weighted by atomic mass is 14.6. The van der Waals surface area contributed by atoms with Crippen molar-refractivity contribution in [2.45, 2.75) is 26.1 Å². The third kappa shape index (κ3) is 4.02. The average Bonchev–Trinajstić information content (AvgIpc) is 1.35. The van der Waals surface area contributed by atoms with Gasteiger partial charge in [-0.1, -0.05) is 20.1 Å². The van der Waals surface area contributed by atoms with Gasteiger partial charge in [-0.3, -0.25) is 0 Å². The maximum Gasteiger partial charge on any atom is 0.107 e. The van der Waals surface area contributed by atoms with Gasteiger partial charge in [0.2, 0.25) is 0 Å². The second-order valence-electron chi connectivity index (χ2n) is 1.62. The van der Waals surface area contributed by atoms with Gasteiger partial charge in [0.05, 0.1) is 0 Å². The molecule has 2 heteroatoms. The lowest BCUT2D eigenvalue weighted by Crippen LogP contribution is -2.15. The molecule has 2 N–H and O–H groups in total. The lowest BCUT2D eigenvalue weighted by Gasteiger charge is -1.95. The second kappa shape index (κ2) is 3.22. The van der Waals surface area contributed by atoms with Crippen LogP contribution in [0.4, 0.5) is 0 Å².